The van der Waals surface area contributed by atoms with E-state index in [0.29, 0.717) is 0 Å². The van der Waals surface area contributed by atoms with Crippen LogP contribution in [0.5, 0.6) is 0 Å². The number of fused-ring (bicyclic) bond motifs is 1. The Morgan fingerprint density at radius 2 is 1.88 bits per heavy atom. The molecule has 0 bridgehead atoms. The summed E-state index contributed by atoms with van der Waals surface area (Å²) in [5.41, 5.74) is -1.85. The van der Waals surface area contributed by atoms with Crippen LogP contribution in [0.1, 0.15) is 13.3 Å². The first-order valence-corrected chi connectivity index (χ1v) is 5.25. The van der Waals surface area contributed by atoms with E-state index in [1.807, 2.05) is 0 Å². The summed E-state index contributed by atoms with van der Waals surface area (Å²) in [6.45, 7) is 1.14. The van der Waals surface area contributed by atoms with E-state index in [1.54, 1.807) is 0 Å². The number of carbonyl (C=O) groups excluding carboxylic acids is 1. The van der Waals surface area contributed by atoms with E-state index in [0.717, 1.165) is 6.92 Å². The van der Waals surface area contributed by atoms with Gasteiger partial charge in [-0.2, -0.15) is 0 Å². The third-order valence-corrected chi connectivity index (χ3v) is 3.74. The number of aliphatic hydroxyl groups excluding tert-OH is 1. The molecule has 0 unspecified atom stereocenters. The van der Waals surface area contributed by atoms with Crippen LogP contribution < -0.4 is 5.32 Å². The number of nitrogens with one attached hydrogen (secondary N) is 1. The molecule has 2 aliphatic carbocycles. The fourth-order valence-corrected chi connectivity index (χ4v) is 3.09. The Labute approximate surface area is 96.4 Å². The van der Waals surface area contributed by atoms with E-state index in [-0.39, 0.29) is 12.3 Å². The van der Waals surface area contributed by atoms with Crippen molar-refractivity contribution in [1.29, 1.82) is 0 Å². The molecule has 0 aliphatic heterocycles. The monoisotopic (exact) mass is 243 g/mol. The van der Waals surface area contributed by atoms with Crippen LogP contribution in [0.2, 0.25) is 0 Å². The smallest absolute Gasteiger partial charge is 0.332 e. The second-order valence-electron chi connectivity index (χ2n) is 4.66. The molecule has 0 aromatic rings. The molecule has 2 saturated carbocycles. The summed E-state index contributed by atoms with van der Waals surface area (Å²) >= 11 is 0. The summed E-state index contributed by atoms with van der Waals surface area (Å²) in [4.78, 5) is 33.3. The Kier molecular flexibility index (Phi) is 2.39. The standard InChI is InChI=1S/C10H13NO6/c1-3(12)11-10(9(16)17)5(13)2-4-6(7(4)10)8(14)15/h4-7,13H,2H2,1H3,(H,11,12)(H,14,15)(H,16,17)/t4-,5+,6-,7-,10-/m0/s1. The first kappa shape index (κ1) is 11.8. The van der Waals surface area contributed by atoms with Gasteiger partial charge < -0.3 is 20.6 Å². The predicted octanol–water partition coefficient (Wildman–Crippen LogP) is -1.34. The first-order valence-electron chi connectivity index (χ1n) is 5.25. The van der Waals surface area contributed by atoms with Crippen LogP contribution >= 0.6 is 0 Å². The van der Waals surface area contributed by atoms with Crippen LogP contribution in [-0.2, 0) is 14.4 Å². The van der Waals surface area contributed by atoms with Crippen LogP contribution in [0, 0.1) is 17.8 Å². The van der Waals surface area contributed by atoms with Crippen molar-refractivity contribution in [3.05, 3.63) is 0 Å². The van der Waals surface area contributed by atoms with Gasteiger partial charge in [-0.3, -0.25) is 9.59 Å². The molecule has 94 valence electrons. The van der Waals surface area contributed by atoms with Crippen molar-refractivity contribution in [3.63, 3.8) is 0 Å². The van der Waals surface area contributed by atoms with Gasteiger partial charge in [0.15, 0.2) is 5.54 Å². The van der Waals surface area contributed by atoms with Gasteiger partial charge in [0.1, 0.15) is 0 Å². The number of aliphatic carboxylic acids is 2. The van der Waals surface area contributed by atoms with Crippen molar-refractivity contribution < 1.29 is 29.7 Å². The third kappa shape index (κ3) is 1.42. The Morgan fingerprint density at radius 3 is 2.29 bits per heavy atom. The highest BCUT2D eigenvalue weighted by Crippen LogP contribution is 2.62. The lowest BCUT2D eigenvalue weighted by Gasteiger charge is -2.31. The zero-order valence-electron chi connectivity index (χ0n) is 9.08. The summed E-state index contributed by atoms with van der Waals surface area (Å²) in [7, 11) is 0. The normalized spacial score (nSPS) is 42.7. The quantitative estimate of drug-likeness (QED) is 0.486. The summed E-state index contributed by atoms with van der Waals surface area (Å²) in [5.74, 6) is -4.94. The Balaban J connectivity index is 2.34. The molecule has 17 heavy (non-hydrogen) atoms. The van der Waals surface area contributed by atoms with Gasteiger partial charge in [0.2, 0.25) is 5.91 Å². The number of carboxylic acid groups (broad SMARTS) is 2. The highest BCUT2D eigenvalue weighted by atomic mass is 16.4. The molecule has 2 fully saturated rings. The Morgan fingerprint density at radius 1 is 1.29 bits per heavy atom. The average molecular weight is 243 g/mol. The summed E-state index contributed by atoms with van der Waals surface area (Å²) < 4.78 is 0. The zero-order chi connectivity index (χ0) is 13.0. The molecule has 0 saturated heterocycles. The minimum Gasteiger partial charge on any atom is -0.481 e. The molecule has 0 aromatic heterocycles. The predicted molar refractivity (Wildman–Crippen MR) is 52.9 cm³/mol. The van der Waals surface area contributed by atoms with Gasteiger partial charge in [0.25, 0.3) is 0 Å². The minimum atomic E-state index is -1.85. The molecule has 4 N–H and O–H groups in total. The maximum atomic E-state index is 11.3. The van der Waals surface area contributed by atoms with Crippen molar-refractivity contribution in [2.75, 3.05) is 0 Å². The summed E-state index contributed by atoms with van der Waals surface area (Å²) in [6, 6.07) is 0. The van der Waals surface area contributed by atoms with Crippen LogP contribution in [-0.4, -0.2) is 44.8 Å². The van der Waals surface area contributed by atoms with Gasteiger partial charge in [0, 0.05) is 12.8 Å². The maximum absolute atomic E-state index is 11.3. The maximum Gasteiger partial charge on any atom is 0.332 e. The van der Waals surface area contributed by atoms with Crippen molar-refractivity contribution >= 4 is 17.8 Å². The largest absolute Gasteiger partial charge is 0.481 e. The lowest BCUT2D eigenvalue weighted by molar-refractivity contribution is -0.154. The lowest BCUT2D eigenvalue weighted by atomic mass is 9.87. The minimum absolute atomic E-state index is 0.0915. The van der Waals surface area contributed by atoms with Crippen molar-refractivity contribution in [2.45, 2.75) is 25.0 Å². The molecule has 1 amide bonds. The highest BCUT2D eigenvalue weighted by Gasteiger charge is 2.75. The number of hydrogen-bond donors (Lipinski definition) is 4. The molecule has 7 nitrogen and oxygen atoms in total. The van der Waals surface area contributed by atoms with Crippen LogP contribution in [0.15, 0.2) is 0 Å². The van der Waals surface area contributed by atoms with Crippen LogP contribution in [0.3, 0.4) is 0 Å². The molecule has 0 heterocycles. The average Bonchev–Trinajstić information content (AvgIpc) is 2.80. The van der Waals surface area contributed by atoms with E-state index >= 15 is 0 Å². The molecule has 5 atom stereocenters. The van der Waals surface area contributed by atoms with Gasteiger partial charge in [-0.25, -0.2) is 4.79 Å². The van der Waals surface area contributed by atoms with Crippen molar-refractivity contribution in [1.82, 2.24) is 5.32 Å². The fourth-order valence-electron chi connectivity index (χ4n) is 3.09. The molecule has 2 aliphatic rings. The zero-order valence-corrected chi connectivity index (χ0v) is 9.08. The van der Waals surface area contributed by atoms with Gasteiger partial charge >= 0.3 is 11.9 Å². The number of rotatable bonds is 3. The molecule has 0 spiro atoms. The van der Waals surface area contributed by atoms with Crippen molar-refractivity contribution in [2.24, 2.45) is 17.8 Å². The second kappa shape index (κ2) is 3.43. The van der Waals surface area contributed by atoms with Gasteiger partial charge in [-0.05, 0) is 12.3 Å². The van der Waals surface area contributed by atoms with E-state index in [2.05, 4.69) is 5.32 Å². The molecule has 7 heteroatoms. The Hall–Kier alpha value is -1.63. The van der Waals surface area contributed by atoms with Gasteiger partial charge in [-0.15, -0.1) is 0 Å². The highest BCUT2D eigenvalue weighted by molar-refractivity contribution is 5.90. The third-order valence-electron chi connectivity index (χ3n) is 3.74. The topological polar surface area (TPSA) is 124 Å². The van der Waals surface area contributed by atoms with E-state index < -0.39 is 41.3 Å². The van der Waals surface area contributed by atoms with Crippen molar-refractivity contribution in [3.8, 4) is 0 Å². The number of carbonyl (C=O) groups is 3. The van der Waals surface area contributed by atoms with E-state index in [9.17, 15) is 24.6 Å². The van der Waals surface area contributed by atoms with E-state index in [1.165, 1.54) is 0 Å². The summed E-state index contributed by atoms with van der Waals surface area (Å²) in [5, 5.41) is 30.1. The van der Waals surface area contributed by atoms with Gasteiger partial charge in [-0.1, -0.05) is 0 Å². The second-order valence-corrected chi connectivity index (χ2v) is 4.66. The molecular formula is C10H13NO6. The first-order chi connectivity index (χ1) is 7.82. The summed E-state index contributed by atoms with van der Waals surface area (Å²) in [6.07, 6.45) is -1.15. The molecule has 0 aromatic carbocycles. The number of amides is 1. The van der Waals surface area contributed by atoms with E-state index in [4.69, 9.17) is 5.11 Å². The Bertz CT molecular complexity index is 408. The SMILES string of the molecule is CC(=O)N[C@]1(C(=O)O)[C@H]2[C@@H](C[C@H]1O)[C@@H]2C(=O)O. The number of aliphatic hydroxyl groups is 1. The fraction of sp³-hybridized carbons (Fsp3) is 0.700. The molecule has 2 rings (SSSR count). The molecule has 0 radical (unpaired) electrons. The van der Waals surface area contributed by atoms with Crippen LogP contribution in [0.4, 0.5) is 0 Å². The lowest BCUT2D eigenvalue weighted by Crippen LogP contribution is -2.62. The molecular weight excluding hydrogens is 230 g/mol. The number of carboxylic acids is 2. The van der Waals surface area contributed by atoms with Gasteiger partial charge in [0.05, 0.1) is 12.0 Å². The van der Waals surface area contributed by atoms with Crippen LogP contribution in [0.25, 0.3) is 0 Å². The number of hydrogen-bond acceptors (Lipinski definition) is 4.